The Morgan fingerprint density at radius 3 is 2.68 bits per heavy atom. The molecule has 3 rings (SSSR count). The topological polar surface area (TPSA) is 78.5 Å². The van der Waals surface area contributed by atoms with Gasteiger partial charge in [0.15, 0.2) is 0 Å². The van der Waals surface area contributed by atoms with Crippen LogP contribution in [-0.2, 0) is 20.7 Å². The van der Waals surface area contributed by atoms with E-state index in [2.05, 4.69) is 24.0 Å². The second kappa shape index (κ2) is 9.54. The highest BCUT2D eigenvalue weighted by molar-refractivity contribution is 5.78. The number of carbonyl (C=O) groups is 2. The van der Waals surface area contributed by atoms with Crippen molar-refractivity contribution in [2.75, 3.05) is 32.8 Å². The highest BCUT2D eigenvalue weighted by Gasteiger charge is 2.41. The van der Waals surface area contributed by atoms with Gasteiger partial charge in [-0.05, 0) is 30.7 Å². The highest BCUT2D eigenvalue weighted by atomic mass is 16.5. The molecule has 2 aliphatic rings. The summed E-state index contributed by atoms with van der Waals surface area (Å²) in [5, 5.41) is 6.70. The third kappa shape index (κ3) is 5.13. The van der Waals surface area contributed by atoms with Crippen LogP contribution in [0.4, 0.5) is 0 Å². The molecule has 2 fully saturated rings. The SMILES string of the molecule is CCC(CC)CN1CCOC2(CCN(C(=O)CCc3cn[nH]c3)CC2)CC1=O. The Balaban J connectivity index is 1.50. The van der Waals surface area contributed by atoms with Crippen LogP contribution in [-0.4, -0.2) is 70.2 Å². The smallest absolute Gasteiger partial charge is 0.225 e. The van der Waals surface area contributed by atoms with Gasteiger partial charge in [0, 0.05) is 38.8 Å². The lowest BCUT2D eigenvalue weighted by atomic mass is 9.87. The van der Waals surface area contributed by atoms with Gasteiger partial charge in [-0.2, -0.15) is 5.10 Å². The number of carbonyl (C=O) groups excluding carboxylic acids is 2. The Bertz CT molecular complexity index is 634. The first-order valence-electron chi connectivity index (χ1n) is 10.7. The summed E-state index contributed by atoms with van der Waals surface area (Å²) in [5.74, 6) is 0.947. The number of nitrogens with one attached hydrogen (secondary N) is 1. The normalized spacial score (nSPS) is 20.0. The fraction of sp³-hybridized carbons (Fsp3) is 0.762. The Kier molecular flexibility index (Phi) is 7.10. The number of likely N-dealkylation sites (tertiary alicyclic amines) is 1. The number of ether oxygens (including phenoxy) is 1. The Labute approximate surface area is 167 Å². The first kappa shape index (κ1) is 20.8. The van der Waals surface area contributed by atoms with Crippen molar-refractivity contribution in [3.63, 3.8) is 0 Å². The van der Waals surface area contributed by atoms with Gasteiger partial charge in [-0.3, -0.25) is 14.7 Å². The van der Waals surface area contributed by atoms with Crippen LogP contribution in [0.3, 0.4) is 0 Å². The predicted molar refractivity (Wildman–Crippen MR) is 107 cm³/mol. The van der Waals surface area contributed by atoms with Crippen LogP contribution < -0.4 is 0 Å². The number of aryl methyl sites for hydroxylation is 1. The van der Waals surface area contributed by atoms with Crippen LogP contribution in [0.25, 0.3) is 0 Å². The van der Waals surface area contributed by atoms with E-state index in [1.807, 2.05) is 16.0 Å². The first-order chi connectivity index (χ1) is 13.5. The Morgan fingerprint density at radius 1 is 1.29 bits per heavy atom. The quantitative estimate of drug-likeness (QED) is 0.775. The van der Waals surface area contributed by atoms with E-state index in [-0.39, 0.29) is 17.4 Å². The molecular weight excluding hydrogens is 356 g/mol. The summed E-state index contributed by atoms with van der Waals surface area (Å²) in [5.41, 5.74) is 0.665. The average molecular weight is 391 g/mol. The van der Waals surface area contributed by atoms with Crippen molar-refractivity contribution in [3.05, 3.63) is 18.0 Å². The lowest BCUT2D eigenvalue weighted by Crippen LogP contribution is -2.49. The van der Waals surface area contributed by atoms with E-state index in [0.29, 0.717) is 51.4 Å². The van der Waals surface area contributed by atoms with Crippen molar-refractivity contribution in [1.82, 2.24) is 20.0 Å². The van der Waals surface area contributed by atoms with Gasteiger partial charge in [0.25, 0.3) is 0 Å². The van der Waals surface area contributed by atoms with Crippen LogP contribution >= 0.6 is 0 Å². The van der Waals surface area contributed by atoms with Crippen LogP contribution in [0.15, 0.2) is 12.4 Å². The molecule has 2 saturated heterocycles. The zero-order chi connectivity index (χ0) is 20.0. The molecule has 0 unspecified atom stereocenters. The van der Waals surface area contributed by atoms with Gasteiger partial charge in [-0.1, -0.05) is 26.7 Å². The number of H-pyrrole nitrogens is 1. The number of hydrogen-bond donors (Lipinski definition) is 1. The lowest BCUT2D eigenvalue weighted by Gasteiger charge is -2.40. The predicted octanol–water partition coefficient (Wildman–Crippen LogP) is 2.39. The van der Waals surface area contributed by atoms with Gasteiger partial charge in [-0.25, -0.2) is 0 Å². The summed E-state index contributed by atoms with van der Waals surface area (Å²) < 4.78 is 6.22. The lowest BCUT2D eigenvalue weighted by molar-refractivity contribution is -0.141. The molecule has 28 heavy (non-hydrogen) atoms. The number of aromatic nitrogens is 2. The molecule has 0 atom stereocenters. The molecule has 1 spiro atoms. The second-order valence-corrected chi connectivity index (χ2v) is 8.22. The highest BCUT2D eigenvalue weighted by Crippen LogP contribution is 2.33. The van der Waals surface area contributed by atoms with E-state index in [1.54, 1.807) is 6.20 Å². The van der Waals surface area contributed by atoms with E-state index in [9.17, 15) is 9.59 Å². The molecule has 2 amide bonds. The molecular formula is C21H34N4O3. The van der Waals surface area contributed by atoms with E-state index >= 15 is 0 Å². The fourth-order valence-electron chi connectivity index (χ4n) is 4.30. The largest absolute Gasteiger partial charge is 0.372 e. The summed E-state index contributed by atoms with van der Waals surface area (Å²) in [6.07, 6.45) is 8.93. The van der Waals surface area contributed by atoms with Gasteiger partial charge in [0.1, 0.15) is 0 Å². The first-order valence-corrected chi connectivity index (χ1v) is 10.7. The Hall–Kier alpha value is -1.89. The summed E-state index contributed by atoms with van der Waals surface area (Å²) in [6.45, 7) is 7.84. The van der Waals surface area contributed by atoms with Crippen LogP contribution in [0, 0.1) is 5.92 Å². The van der Waals surface area contributed by atoms with Crippen molar-refractivity contribution in [3.8, 4) is 0 Å². The molecule has 1 aromatic rings. The van der Waals surface area contributed by atoms with Gasteiger partial charge in [0.05, 0.1) is 24.8 Å². The number of hydrogen-bond acceptors (Lipinski definition) is 4. The van der Waals surface area contributed by atoms with E-state index in [0.717, 1.165) is 37.8 Å². The van der Waals surface area contributed by atoms with E-state index in [4.69, 9.17) is 4.74 Å². The molecule has 3 heterocycles. The standard InChI is InChI=1S/C21H34N4O3/c1-3-17(4-2)16-25-11-12-28-21(13-20(25)27)7-9-24(10-8-21)19(26)6-5-18-14-22-23-15-18/h14-15,17H,3-13,16H2,1-2H3,(H,22,23). The van der Waals surface area contributed by atoms with Crippen molar-refractivity contribution in [1.29, 1.82) is 0 Å². The third-order valence-corrected chi connectivity index (χ3v) is 6.44. The summed E-state index contributed by atoms with van der Waals surface area (Å²) in [4.78, 5) is 29.3. The molecule has 1 aromatic heterocycles. The molecule has 7 heteroatoms. The number of piperidine rings is 1. The zero-order valence-electron chi connectivity index (χ0n) is 17.3. The maximum Gasteiger partial charge on any atom is 0.225 e. The fourth-order valence-corrected chi connectivity index (χ4v) is 4.30. The zero-order valence-corrected chi connectivity index (χ0v) is 17.3. The van der Waals surface area contributed by atoms with Crippen LogP contribution in [0.2, 0.25) is 0 Å². The molecule has 0 radical (unpaired) electrons. The van der Waals surface area contributed by atoms with E-state index < -0.39 is 0 Å². The second-order valence-electron chi connectivity index (χ2n) is 8.22. The average Bonchev–Trinajstić information content (AvgIpc) is 3.18. The van der Waals surface area contributed by atoms with Gasteiger partial charge in [0.2, 0.25) is 11.8 Å². The molecule has 7 nitrogen and oxygen atoms in total. The van der Waals surface area contributed by atoms with Crippen molar-refractivity contribution in [2.24, 2.45) is 5.92 Å². The number of amides is 2. The van der Waals surface area contributed by atoms with Crippen LogP contribution in [0.5, 0.6) is 0 Å². The molecule has 0 saturated carbocycles. The van der Waals surface area contributed by atoms with Crippen molar-refractivity contribution in [2.45, 2.75) is 64.4 Å². The number of nitrogens with zero attached hydrogens (tertiary/aromatic N) is 3. The number of rotatable bonds is 7. The maximum absolute atomic E-state index is 12.9. The molecule has 0 aliphatic carbocycles. The molecule has 156 valence electrons. The maximum atomic E-state index is 12.9. The minimum Gasteiger partial charge on any atom is -0.372 e. The van der Waals surface area contributed by atoms with Crippen LogP contribution in [0.1, 0.15) is 57.9 Å². The monoisotopic (exact) mass is 390 g/mol. The summed E-state index contributed by atoms with van der Waals surface area (Å²) in [6, 6.07) is 0. The van der Waals surface area contributed by atoms with E-state index in [1.165, 1.54) is 0 Å². The summed E-state index contributed by atoms with van der Waals surface area (Å²) >= 11 is 0. The minimum absolute atomic E-state index is 0.173. The molecule has 0 bridgehead atoms. The van der Waals surface area contributed by atoms with Crippen molar-refractivity contribution >= 4 is 11.8 Å². The molecule has 1 N–H and O–H groups in total. The van der Waals surface area contributed by atoms with Gasteiger partial charge in [-0.15, -0.1) is 0 Å². The summed E-state index contributed by atoms with van der Waals surface area (Å²) in [7, 11) is 0. The minimum atomic E-state index is -0.388. The molecule has 2 aliphatic heterocycles. The third-order valence-electron chi connectivity index (χ3n) is 6.44. The van der Waals surface area contributed by atoms with Gasteiger partial charge >= 0.3 is 0 Å². The van der Waals surface area contributed by atoms with Gasteiger partial charge < -0.3 is 14.5 Å². The number of aromatic amines is 1. The molecule has 0 aromatic carbocycles. The van der Waals surface area contributed by atoms with Crippen molar-refractivity contribution < 1.29 is 14.3 Å². The Morgan fingerprint density at radius 2 is 2.04 bits per heavy atom.